The van der Waals surface area contributed by atoms with Crippen LogP contribution in [0.15, 0.2) is 64.8 Å². The lowest BCUT2D eigenvalue weighted by atomic mass is 10.0. The Morgan fingerprint density at radius 1 is 0.844 bits per heavy atom. The molecule has 2 aromatic rings. The van der Waals surface area contributed by atoms with Gasteiger partial charge in [-0.15, -0.1) is 10.2 Å². The number of carbonyl (C=O) groups excluding carboxylic acids is 4. The van der Waals surface area contributed by atoms with Gasteiger partial charge in [0.25, 0.3) is 0 Å². The molecule has 0 fully saturated rings. The van der Waals surface area contributed by atoms with Gasteiger partial charge >= 0.3 is 17.9 Å². The number of alkyl halides is 3. The zero-order valence-corrected chi connectivity index (χ0v) is 24.3. The molecular formula is C29H35F3N6O7. The first-order valence-electron chi connectivity index (χ1n) is 14.1. The molecule has 244 valence electrons. The predicted octanol–water partition coefficient (Wildman–Crippen LogP) is 2.24. The van der Waals surface area contributed by atoms with E-state index in [0.717, 1.165) is 5.56 Å². The average Bonchev–Trinajstić information content (AvgIpc) is 3.82. The van der Waals surface area contributed by atoms with Gasteiger partial charge in [0.1, 0.15) is 12.6 Å². The van der Waals surface area contributed by atoms with E-state index in [4.69, 9.17) is 19.9 Å². The van der Waals surface area contributed by atoms with Gasteiger partial charge < -0.3 is 35.9 Å². The van der Waals surface area contributed by atoms with E-state index in [0.29, 0.717) is 5.56 Å². The van der Waals surface area contributed by atoms with Crippen LogP contribution in [0.1, 0.15) is 29.5 Å². The first kappa shape index (κ1) is 34.9. The molecule has 0 spiro atoms. The number of amides is 4. The van der Waals surface area contributed by atoms with E-state index in [9.17, 15) is 32.3 Å². The van der Waals surface area contributed by atoms with Crippen molar-refractivity contribution in [1.82, 2.24) is 16.0 Å². The van der Waals surface area contributed by atoms with Crippen LogP contribution in [0.2, 0.25) is 0 Å². The van der Waals surface area contributed by atoms with Gasteiger partial charge in [-0.1, -0.05) is 54.6 Å². The van der Waals surface area contributed by atoms with Crippen LogP contribution >= 0.6 is 0 Å². The van der Waals surface area contributed by atoms with Gasteiger partial charge in [-0.25, -0.2) is 4.79 Å². The number of ether oxygens (including phenoxy) is 3. The molecule has 0 aliphatic carbocycles. The lowest BCUT2D eigenvalue weighted by Gasteiger charge is -2.18. The smallest absolute Gasteiger partial charge is 0.442 e. The highest BCUT2D eigenvalue weighted by Gasteiger charge is 2.65. The summed E-state index contributed by atoms with van der Waals surface area (Å²) in [6.45, 7) is 1.15. The van der Waals surface area contributed by atoms with Gasteiger partial charge in [0, 0.05) is 25.1 Å². The number of nitrogens with zero attached hydrogens (tertiary/aromatic N) is 2. The highest BCUT2D eigenvalue weighted by molar-refractivity contribution is 5.86. The lowest BCUT2D eigenvalue weighted by molar-refractivity contribution is -0.166. The molecule has 0 bridgehead atoms. The first-order valence-corrected chi connectivity index (χ1v) is 14.1. The third-order valence-electron chi connectivity index (χ3n) is 6.40. The molecule has 13 nitrogen and oxygen atoms in total. The summed E-state index contributed by atoms with van der Waals surface area (Å²) in [6.07, 6.45) is -5.56. The molecule has 45 heavy (non-hydrogen) atoms. The Morgan fingerprint density at radius 2 is 1.47 bits per heavy atom. The van der Waals surface area contributed by atoms with Crippen molar-refractivity contribution in [2.24, 2.45) is 16.0 Å². The predicted molar refractivity (Wildman–Crippen MR) is 152 cm³/mol. The van der Waals surface area contributed by atoms with Crippen LogP contribution in [0.3, 0.4) is 0 Å². The van der Waals surface area contributed by atoms with Crippen LogP contribution < -0.4 is 21.7 Å². The molecule has 0 saturated heterocycles. The first-order chi connectivity index (χ1) is 21.5. The highest BCUT2D eigenvalue weighted by Crippen LogP contribution is 2.52. The minimum Gasteiger partial charge on any atom is -0.445 e. The number of primary amides is 1. The van der Waals surface area contributed by atoms with Gasteiger partial charge in [-0.05, 0) is 17.5 Å². The van der Waals surface area contributed by atoms with Crippen molar-refractivity contribution in [2.75, 3.05) is 39.5 Å². The summed E-state index contributed by atoms with van der Waals surface area (Å²) in [4.78, 5) is 48.0. The minimum atomic E-state index is -4.61. The number of hydrogen-bond donors (Lipinski definition) is 4. The fourth-order valence-electron chi connectivity index (χ4n) is 3.96. The van der Waals surface area contributed by atoms with Crippen molar-refractivity contribution in [3.8, 4) is 0 Å². The van der Waals surface area contributed by atoms with Crippen LogP contribution in [0, 0.1) is 0 Å². The molecule has 4 amide bonds. The lowest BCUT2D eigenvalue weighted by Crippen LogP contribution is -2.48. The third-order valence-corrected chi connectivity index (χ3v) is 6.40. The summed E-state index contributed by atoms with van der Waals surface area (Å²) < 4.78 is 55.2. The van der Waals surface area contributed by atoms with E-state index in [1.165, 1.54) is 24.3 Å². The maximum Gasteiger partial charge on any atom is 0.442 e. The third kappa shape index (κ3) is 11.8. The quantitative estimate of drug-likeness (QED) is 0.171. The Balaban J connectivity index is 1.22. The largest absolute Gasteiger partial charge is 0.445 e. The summed E-state index contributed by atoms with van der Waals surface area (Å²) in [5.74, 6) is -1.47. The molecule has 0 saturated carbocycles. The van der Waals surface area contributed by atoms with E-state index in [-0.39, 0.29) is 76.9 Å². The summed E-state index contributed by atoms with van der Waals surface area (Å²) in [7, 11) is 0. The summed E-state index contributed by atoms with van der Waals surface area (Å²) in [5, 5.41) is 14.0. The van der Waals surface area contributed by atoms with Crippen molar-refractivity contribution in [3.63, 3.8) is 0 Å². The molecule has 0 radical (unpaired) electrons. The van der Waals surface area contributed by atoms with Crippen molar-refractivity contribution in [3.05, 3.63) is 71.3 Å². The topological polar surface area (TPSA) is 183 Å². The number of alkyl carbamates (subject to hydrolysis) is 1. The maximum absolute atomic E-state index is 13.1. The molecule has 1 heterocycles. The normalized spacial score (nSPS) is 13.8. The number of hydrogen-bond acceptors (Lipinski definition) is 9. The van der Waals surface area contributed by atoms with E-state index in [1.54, 1.807) is 24.3 Å². The number of benzene rings is 2. The second-order valence-electron chi connectivity index (χ2n) is 9.87. The van der Waals surface area contributed by atoms with Crippen molar-refractivity contribution in [1.29, 1.82) is 0 Å². The van der Waals surface area contributed by atoms with E-state index < -0.39 is 35.8 Å². The monoisotopic (exact) mass is 636 g/mol. The maximum atomic E-state index is 13.1. The van der Waals surface area contributed by atoms with Crippen molar-refractivity contribution < 1.29 is 46.6 Å². The molecular weight excluding hydrogens is 601 g/mol. The molecule has 2 aromatic carbocycles. The Hall–Kier alpha value is -4.57. The number of nitrogens with two attached hydrogens (primary N) is 1. The SMILES string of the molecule is NC(=O)CCC(NC(=O)OCc1ccccc1)C(=O)NCCOCCOCCNC(=O)Cc1ccc(C2(C(F)(F)F)N=N2)cc1. The van der Waals surface area contributed by atoms with E-state index in [2.05, 4.69) is 26.2 Å². The van der Waals surface area contributed by atoms with Gasteiger partial charge in [-0.3, -0.25) is 14.4 Å². The molecule has 1 aliphatic rings. The summed E-state index contributed by atoms with van der Waals surface area (Å²) in [6, 6.07) is 13.3. The van der Waals surface area contributed by atoms with Crippen LogP contribution in [0.5, 0.6) is 0 Å². The van der Waals surface area contributed by atoms with Crippen molar-refractivity contribution >= 4 is 23.8 Å². The molecule has 1 unspecified atom stereocenters. The summed E-state index contributed by atoms with van der Waals surface area (Å²) in [5.41, 5.74) is 3.89. The van der Waals surface area contributed by atoms with Crippen LogP contribution in [0.4, 0.5) is 18.0 Å². The molecule has 16 heteroatoms. The van der Waals surface area contributed by atoms with E-state index >= 15 is 0 Å². The second-order valence-corrected chi connectivity index (χ2v) is 9.87. The van der Waals surface area contributed by atoms with Crippen molar-refractivity contribution in [2.45, 2.75) is 43.8 Å². The number of carbonyl (C=O) groups is 4. The van der Waals surface area contributed by atoms with E-state index in [1.807, 2.05) is 6.07 Å². The van der Waals surface area contributed by atoms with Gasteiger partial charge in [0.2, 0.25) is 17.7 Å². The molecule has 5 N–H and O–H groups in total. The Kier molecular flexibility index (Phi) is 13.2. The fourth-order valence-corrected chi connectivity index (χ4v) is 3.96. The zero-order valence-electron chi connectivity index (χ0n) is 24.3. The van der Waals surface area contributed by atoms with Crippen LogP contribution in [-0.4, -0.2) is 75.5 Å². The van der Waals surface area contributed by atoms with Gasteiger partial charge in [-0.2, -0.15) is 13.2 Å². The Bertz CT molecular complexity index is 1300. The minimum absolute atomic E-state index is 0.00511. The Labute approximate surface area is 257 Å². The average molecular weight is 637 g/mol. The molecule has 3 rings (SSSR count). The van der Waals surface area contributed by atoms with Crippen LogP contribution in [-0.2, 0) is 47.3 Å². The second kappa shape index (κ2) is 17.1. The molecule has 1 aliphatic heterocycles. The fraction of sp³-hybridized carbons (Fsp3) is 0.448. The van der Waals surface area contributed by atoms with Gasteiger partial charge in [0.05, 0.1) is 32.8 Å². The standard InChI is InChI=1S/C29H35F3N6O7/c30-29(31,32)28(37-38-28)22-8-6-20(7-9-22)18-25(40)34-12-14-43-16-17-44-15-13-35-26(41)23(10-11-24(33)39)36-27(42)45-19-21-4-2-1-3-5-21/h1-9,23H,10-19H2,(H2,33,39)(H,34,40)(H,35,41)(H,36,42). The van der Waals surface area contributed by atoms with Crippen LogP contribution in [0.25, 0.3) is 0 Å². The summed E-state index contributed by atoms with van der Waals surface area (Å²) >= 11 is 0. The molecule has 0 aromatic heterocycles. The molecule has 1 atom stereocenters. The highest BCUT2D eigenvalue weighted by atomic mass is 19.4. The van der Waals surface area contributed by atoms with Gasteiger partial charge in [0.15, 0.2) is 0 Å². The number of halogens is 3. The number of nitrogens with one attached hydrogen (secondary N) is 3. The number of rotatable bonds is 19. The zero-order chi connectivity index (χ0) is 32.7. The Morgan fingerprint density at radius 3 is 2.04 bits per heavy atom.